The molecule has 2 aromatic heterocycles. The third-order valence-electron chi connectivity index (χ3n) is 3.33. The Morgan fingerprint density at radius 1 is 1.40 bits per heavy atom. The monoisotopic (exact) mass is 375 g/mol. The molecule has 1 aromatic carbocycles. The van der Waals surface area contributed by atoms with Crippen molar-refractivity contribution in [3.8, 4) is 10.7 Å². The van der Waals surface area contributed by atoms with Crippen molar-refractivity contribution in [2.24, 2.45) is 0 Å². The van der Waals surface area contributed by atoms with Crippen molar-refractivity contribution in [3.05, 3.63) is 51.4 Å². The molecule has 0 aliphatic carbocycles. The Labute approximate surface area is 150 Å². The molecule has 0 radical (unpaired) electrons. The summed E-state index contributed by atoms with van der Waals surface area (Å²) in [6, 6.07) is 8.42. The third-order valence-corrected chi connectivity index (χ3v) is 5.05. The summed E-state index contributed by atoms with van der Waals surface area (Å²) in [6.45, 7) is 1.60. The first kappa shape index (κ1) is 17.1. The lowest BCUT2D eigenvalue weighted by Crippen LogP contribution is -2.15. The fraction of sp³-hybridized carbons (Fsp3) is 0.133. The molecule has 2 heterocycles. The molecule has 0 aliphatic heterocycles. The number of carbonyl (C=O) groups is 1. The van der Waals surface area contributed by atoms with E-state index in [4.69, 9.17) is 0 Å². The zero-order valence-corrected chi connectivity index (χ0v) is 14.7. The number of thiophene rings is 1. The molecule has 3 rings (SSSR count). The topological polar surface area (TPSA) is 114 Å². The van der Waals surface area contributed by atoms with Crippen molar-refractivity contribution in [3.63, 3.8) is 0 Å². The van der Waals surface area contributed by atoms with Gasteiger partial charge in [-0.15, -0.1) is 16.4 Å². The van der Waals surface area contributed by atoms with Crippen LogP contribution in [0.1, 0.15) is 5.56 Å². The van der Waals surface area contributed by atoms with E-state index in [9.17, 15) is 14.9 Å². The van der Waals surface area contributed by atoms with E-state index in [0.717, 1.165) is 4.88 Å². The second-order valence-corrected chi connectivity index (χ2v) is 6.88. The van der Waals surface area contributed by atoms with E-state index < -0.39 is 4.92 Å². The van der Waals surface area contributed by atoms with Gasteiger partial charge < -0.3 is 5.32 Å². The zero-order valence-electron chi connectivity index (χ0n) is 13.1. The average Bonchev–Trinajstić information content (AvgIpc) is 3.25. The number of hydrogen-bond donors (Lipinski definition) is 2. The fourth-order valence-corrected chi connectivity index (χ4v) is 3.37. The number of hydrogen-bond acceptors (Lipinski definition) is 7. The Kier molecular flexibility index (Phi) is 5.10. The van der Waals surface area contributed by atoms with Crippen LogP contribution < -0.4 is 5.32 Å². The Bertz CT molecular complexity index is 908. The number of nitro groups is 1. The summed E-state index contributed by atoms with van der Waals surface area (Å²) in [7, 11) is 0. The molecule has 0 unspecified atom stereocenters. The fourth-order valence-electron chi connectivity index (χ4n) is 2.11. The molecular formula is C15H13N5O3S2. The van der Waals surface area contributed by atoms with Gasteiger partial charge >= 0.3 is 0 Å². The van der Waals surface area contributed by atoms with Gasteiger partial charge in [-0.05, 0) is 24.4 Å². The minimum absolute atomic E-state index is 0.0278. The van der Waals surface area contributed by atoms with Crippen molar-refractivity contribution >= 4 is 40.4 Å². The number of thioether (sulfide) groups is 1. The third kappa shape index (κ3) is 4.03. The first-order valence-electron chi connectivity index (χ1n) is 7.17. The SMILES string of the molecule is Cc1c(NC(=O)CSc2n[nH]c(-c3cccs3)n2)cccc1[N+](=O)[O-]. The summed E-state index contributed by atoms with van der Waals surface area (Å²) in [5, 5.41) is 22.9. The molecule has 0 bridgehead atoms. The largest absolute Gasteiger partial charge is 0.325 e. The zero-order chi connectivity index (χ0) is 17.8. The number of rotatable bonds is 6. The molecule has 0 atom stereocenters. The minimum atomic E-state index is -0.473. The predicted molar refractivity (Wildman–Crippen MR) is 96.9 cm³/mol. The van der Waals surface area contributed by atoms with Gasteiger partial charge in [-0.2, -0.15) is 0 Å². The van der Waals surface area contributed by atoms with E-state index in [1.807, 2.05) is 17.5 Å². The van der Waals surface area contributed by atoms with Crippen LogP contribution in [0.5, 0.6) is 0 Å². The average molecular weight is 375 g/mol. The Hall–Kier alpha value is -2.72. The van der Waals surface area contributed by atoms with E-state index in [1.54, 1.807) is 24.3 Å². The molecule has 25 heavy (non-hydrogen) atoms. The molecule has 2 N–H and O–H groups in total. The summed E-state index contributed by atoms with van der Waals surface area (Å²) < 4.78 is 0. The van der Waals surface area contributed by atoms with Gasteiger partial charge in [-0.3, -0.25) is 20.0 Å². The van der Waals surface area contributed by atoms with Crippen molar-refractivity contribution in [1.29, 1.82) is 0 Å². The van der Waals surface area contributed by atoms with Gasteiger partial charge in [0, 0.05) is 6.07 Å². The van der Waals surface area contributed by atoms with Crippen LogP contribution in [0.25, 0.3) is 10.7 Å². The summed E-state index contributed by atoms with van der Waals surface area (Å²) in [5.41, 5.74) is 0.817. The quantitative estimate of drug-likeness (QED) is 0.387. The number of benzene rings is 1. The lowest BCUT2D eigenvalue weighted by atomic mass is 10.1. The molecule has 0 saturated carbocycles. The molecule has 10 heteroatoms. The van der Waals surface area contributed by atoms with Crippen LogP contribution in [0.15, 0.2) is 40.9 Å². The van der Waals surface area contributed by atoms with Crippen LogP contribution in [0.3, 0.4) is 0 Å². The van der Waals surface area contributed by atoms with Gasteiger partial charge in [0.1, 0.15) is 0 Å². The van der Waals surface area contributed by atoms with Crippen molar-refractivity contribution < 1.29 is 9.72 Å². The normalized spacial score (nSPS) is 10.6. The molecule has 0 fully saturated rings. The lowest BCUT2D eigenvalue weighted by Gasteiger charge is -2.07. The van der Waals surface area contributed by atoms with Crippen LogP contribution in [0, 0.1) is 17.0 Å². The molecule has 128 valence electrons. The molecular weight excluding hydrogens is 362 g/mol. The molecule has 3 aromatic rings. The van der Waals surface area contributed by atoms with E-state index in [-0.39, 0.29) is 17.3 Å². The van der Waals surface area contributed by atoms with E-state index in [2.05, 4.69) is 20.5 Å². The number of nitrogens with zero attached hydrogens (tertiary/aromatic N) is 3. The maximum absolute atomic E-state index is 12.1. The first-order chi connectivity index (χ1) is 12.0. The Morgan fingerprint density at radius 2 is 2.24 bits per heavy atom. The molecule has 0 spiro atoms. The highest BCUT2D eigenvalue weighted by Crippen LogP contribution is 2.26. The first-order valence-corrected chi connectivity index (χ1v) is 9.04. The summed E-state index contributed by atoms with van der Waals surface area (Å²) in [4.78, 5) is 27.8. The number of amides is 1. The van der Waals surface area contributed by atoms with Crippen molar-refractivity contribution in [2.75, 3.05) is 11.1 Å². The van der Waals surface area contributed by atoms with Crippen molar-refractivity contribution in [2.45, 2.75) is 12.1 Å². The van der Waals surface area contributed by atoms with Gasteiger partial charge in [0.2, 0.25) is 11.1 Å². The van der Waals surface area contributed by atoms with Gasteiger partial charge in [0.25, 0.3) is 5.69 Å². The number of anilines is 1. The van der Waals surface area contributed by atoms with Gasteiger partial charge in [0.15, 0.2) is 5.82 Å². The predicted octanol–water partition coefficient (Wildman–Crippen LogP) is 3.48. The summed E-state index contributed by atoms with van der Waals surface area (Å²) >= 11 is 2.73. The van der Waals surface area contributed by atoms with Crippen LogP contribution in [-0.2, 0) is 4.79 Å². The van der Waals surface area contributed by atoms with Gasteiger partial charge in [-0.25, -0.2) is 4.98 Å². The highest BCUT2D eigenvalue weighted by Gasteiger charge is 2.15. The Balaban J connectivity index is 1.60. The van der Waals surface area contributed by atoms with Gasteiger partial charge in [-0.1, -0.05) is 23.9 Å². The molecule has 1 amide bonds. The standard InChI is InChI=1S/C15H13N5O3S2/c1-9-10(4-2-5-11(9)20(22)23)16-13(21)8-25-15-17-14(18-19-15)12-6-3-7-24-12/h2-7H,8H2,1H3,(H,16,21)(H,17,18,19). The Morgan fingerprint density at radius 3 is 2.96 bits per heavy atom. The number of nitrogens with one attached hydrogen (secondary N) is 2. The minimum Gasteiger partial charge on any atom is -0.325 e. The maximum Gasteiger partial charge on any atom is 0.274 e. The van der Waals surface area contributed by atoms with Crippen LogP contribution in [0.2, 0.25) is 0 Å². The second-order valence-electron chi connectivity index (χ2n) is 4.99. The van der Waals surface area contributed by atoms with Crippen LogP contribution in [-0.4, -0.2) is 31.8 Å². The number of H-pyrrole nitrogens is 1. The summed E-state index contributed by atoms with van der Waals surface area (Å²) in [6.07, 6.45) is 0. The second kappa shape index (κ2) is 7.45. The molecule has 0 saturated heterocycles. The maximum atomic E-state index is 12.1. The highest BCUT2D eigenvalue weighted by molar-refractivity contribution is 7.99. The van der Waals surface area contributed by atoms with Crippen LogP contribution in [0.4, 0.5) is 11.4 Å². The van der Waals surface area contributed by atoms with E-state index in [1.165, 1.54) is 23.9 Å². The smallest absolute Gasteiger partial charge is 0.274 e. The van der Waals surface area contributed by atoms with E-state index >= 15 is 0 Å². The van der Waals surface area contributed by atoms with E-state index in [0.29, 0.717) is 22.2 Å². The van der Waals surface area contributed by atoms with Crippen LogP contribution >= 0.6 is 23.1 Å². The van der Waals surface area contributed by atoms with Crippen molar-refractivity contribution in [1.82, 2.24) is 15.2 Å². The summed E-state index contributed by atoms with van der Waals surface area (Å²) in [5.74, 6) is 0.479. The molecule has 8 nitrogen and oxygen atoms in total. The number of carbonyl (C=O) groups excluding carboxylic acids is 1. The lowest BCUT2D eigenvalue weighted by molar-refractivity contribution is -0.385. The number of aromatic amines is 1. The number of aromatic nitrogens is 3. The van der Waals surface area contributed by atoms with Gasteiger partial charge in [0.05, 0.1) is 26.8 Å². The number of nitro benzene ring substituents is 1. The molecule has 0 aliphatic rings. The highest BCUT2D eigenvalue weighted by atomic mass is 32.2.